The molecule has 2 saturated heterocycles. The minimum Gasteiger partial charge on any atom is -0.304 e. The Labute approximate surface area is 228 Å². The van der Waals surface area contributed by atoms with Gasteiger partial charge in [-0.25, -0.2) is 0 Å². The first kappa shape index (κ1) is 33.9. The lowest BCUT2D eigenvalue weighted by Crippen LogP contribution is -2.50. The van der Waals surface area contributed by atoms with Crippen LogP contribution in [0.1, 0.15) is 106 Å². The van der Waals surface area contributed by atoms with Crippen LogP contribution in [-0.4, -0.2) is 98.6 Å². The maximum Gasteiger partial charge on any atom is 0.0113 e. The Hall–Kier alpha value is -0.160. The third kappa shape index (κ3) is 14.7. The van der Waals surface area contributed by atoms with Crippen LogP contribution >= 0.6 is 0 Å². The second-order valence-corrected chi connectivity index (χ2v) is 12.8. The summed E-state index contributed by atoms with van der Waals surface area (Å²) >= 11 is 0. The maximum absolute atomic E-state index is 2.72. The second kappa shape index (κ2) is 19.8. The molecule has 216 valence electrons. The molecule has 4 heteroatoms. The molecule has 36 heavy (non-hydrogen) atoms. The van der Waals surface area contributed by atoms with E-state index in [0.29, 0.717) is 0 Å². The molecular weight excluding hydrogens is 440 g/mol. The van der Waals surface area contributed by atoms with Gasteiger partial charge in [-0.05, 0) is 77.3 Å². The van der Waals surface area contributed by atoms with Crippen molar-refractivity contribution in [3.05, 3.63) is 0 Å². The van der Waals surface area contributed by atoms with Crippen molar-refractivity contribution >= 4 is 0 Å². The summed E-state index contributed by atoms with van der Waals surface area (Å²) in [5.41, 5.74) is 0. The van der Waals surface area contributed by atoms with E-state index in [1.54, 1.807) is 0 Å². The van der Waals surface area contributed by atoms with Gasteiger partial charge in [0.15, 0.2) is 0 Å². The van der Waals surface area contributed by atoms with E-state index in [1.807, 2.05) is 13.8 Å². The summed E-state index contributed by atoms with van der Waals surface area (Å²) < 4.78 is 0. The van der Waals surface area contributed by atoms with Crippen LogP contribution in [0.15, 0.2) is 0 Å². The van der Waals surface area contributed by atoms with Crippen LogP contribution in [0.25, 0.3) is 0 Å². The zero-order chi connectivity index (χ0) is 26.9. The number of piperazine rings is 2. The molecule has 2 aliphatic heterocycles. The maximum atomic E-state index is 2.72. The van der Waals surface area contributed by atoms with Crippen molar-refractivity contribution in [3.8, 4) is 0 Å². The minimum absolute atomic E-state index is 0.726. The summed E-state index contributed by atoms with van der Waals surface area (Å²) in [6.45, 7) is 27.2. The third-order valence-corrected chi connectivity index (χ3v) is 9.11. The Kier molecular flexibility index (Phi) is 18.7. The van der Waals surface area contributed by atoms with E-state index in [4.69, 9.17) is 0 Å². The van der Waals surface area contributed by atoms with Gasteiger partial charge in [0.2, 0.25) is 0 Å². The predicted octanol–water partition coefficient (Wildman–Crippen LogP) is 6.95. The monoisotopic (exact) mass is 509 g/mol. The number of nitrogens with zero attached hydrogens (tertiary/aromatic N) is 4. The van der Waals surface area contributed by atoms with Crippen molar-refractivity contribution in [2.24, 2.45) is 23.7 Å². The van der Waals surface area contributed by atoms with Gasteiger partial charge in [-0.3, -0.25) is 4.90 Å². The van der Waals surface area contributed by atoms with E-state index in [1.165, 1.54) is 117 Å². The van der Waals surface area contributed by atoms with E-state index in [0.717, 1.165) is 29.7 Å². The summed E-state index contributed by atoms with van der Waals surface area (Å²) in [5, 5.41) is 0. The molecule has 4 rings (SSSR count). The lowest BCUT2D eigenvalue weighted by Gasteiger charge is -2.40. The highest BCUT2D eigenvalue weighted by Gasteiger charge is 2.26. The molecule has 0 aromatic heterocycles. The average molecular weight is 509 g/mol. The van der Waals surface area contributed by atoms with Crippen molar-refractivity contribution in [2.45, 2.75) is 112 Å². The standard InChI is InChI=1S/C17H34N2.C7H14.C6H14N2.C2H6/c1-14(2)17-7-5-16(6-8-17)13-18-9-11-19(12-10-18)15(3)4;1-7-5-3-2-4-6-7;1-7-3-5-8(2)6-4-7;1-2/h14-17H,5-13H2,1-4H3;7H,2-6H2,1H3;3-6H2,1-2H3;1-2H3. The first-order valence-corrected chi connectivity index (χ1v) is 16.1. The molecular formula is C32H68N4. The summed E-state index contributed by atoms with van der Waals surface area (Å²) in [7, 11) is 4.35. The normalized spacial score (nSPS) is 27.4. The Bertz CT molecular complexity index is 442. The quantitative estimate of drug-likeness (QED) is 0.407. The van der Waals surface area contributed by atoms with Crippen LogP contribution in [0.3, 0.4) is 0 Å². The lowest BCUT2D eigenvalue weighted by atomic mass is 9.77. The van der Waals surface area contributed by atoms with Gasteiger partial charge in [0, 0.05) is 64.9 Å². The first-order valence-electron chi connectivity index (χ1n) is 16.1. The van der Waals surface area contributed by atoms with Gasteiger partial charge in [0.05, 0.1) is 0 Å². The fourth-order valence-corrected chi connectivity index (χ4v) is 6.08. The van der Waals surface area contributed by atoms with Crippen molar-refractivity contribution in [3.63, 3.8) is 0 Å². The van der Waals surface area contributed by atoms with Crippen LogP contribution in [0.2, 0.25) is 0 Å². The highest BCUT2D eigenvalue weighted by atomic mass is 15.3. The van der Waals surface area contributed by atoms with Crippen LogP contribution in [0.5, 0.6) is 0 Å². The van der Waals surface area contributed by atoms with Gasteiger partial charge in [0.25, 0.3) is 0 Å². The zero-order valence-corrected chi connectivity index (χ0v) is 26.4. The van der Waals surface area contributed by atoms with E-state index in [-0.39, 0.29) is 0 Å². The van der Waals surface area contributed by atoms with E-state index < -0.39 is 0 Å². The topological polar surface area (TPSA) is 13.0 Å². The molecule has 0 aromatic carbocycles. The molecule has 0 N–H and O–H groups in total. The molecule has 4 aliphatic rings. The largest absolute Gasteiger partial charge is 0.304 e. The summed E-state index contributed by atoms with van der Waals surface area (Å²) in [5.74, 6) is 3.93. The zero-order valence-electron chi connectivity index (χ0n) is 26.4. The average Bonchev–Trinajstić information content (AvgIpc) is 2.89. The smallest absolute Gasteiger partial charge is 0.0113 e. The van der Waals surface area contributed by atoms with Gasteiger partial charge in [0.1, 0.15) is 0 Å². The number of rotatable bonds is 4. The van der Waals surface area contributed by atoms with E-state index in [9.17, 15) is 0 Å². The molecule has 0 bridgehead atoms. The van der Waals surface area contributed by atoms with Crippen molar-refractivity contribution in [2.75, 3.05) is 73.0 Å². The van der Waals surface area contributed by atoms with Gasteiger partial charge in [-0.2, -0.15) is 0 Å². The van der Waals surface area contributed by atoms with Crippen LogP contribution in [0.4, 0.5) is 0 Å². The number of likely N-dealkylation sites (N-methyl/N-ethyl adjacent to an activating group) is 2. The predicted molar refractivity (Wildman–Crippen MR) is 162 cm³/mol. The molecule has 2 heterocycles. The van der Waals surface area contributed by atoms with Crippen LogP contribution in [-0.2, 0) is 0 Å². The Morgan fingerprint density at radius 3 is 1.44 bits per heavy atom. The molecule has 4 fully saturated rings. The van der Waals surface area contributed by atoms with Gasteiger partial charge >= 0.3 is 0 Å². The Morgan fingerprint density at radius 2 is 1.08 bits per heavy atom. The fraction of sp³-hybridized carbons (Fsp3) is 1.00. The summed E-state index contributed by atoms with van der Waals surface area (Å²) in [6.07, 6.45) is 13.4. The molecule has 4 nitrogen and oxygen atoms in total. The SMILES string of the molecule is CC.CC(C)C1CCC(CN2CCN(C(C)C)CC2)CC1.CC1CCCCC1.CN1CCN(C)CC1. The second-order valence-electron chi connectivity index (χ2n) is 12.8. The molecule has 0 amide bonds. The molecule has 2 saturated carbocycles. The highest BCUT2D eigenvalue weighted by Crippen LogP contribution is 2.33. The molecule has 0 radical (unpaired) electrons. The van der Waals surface area contributed by atoms with Gasteiger partial charge in [-0.1, -0.05) is 66.7 Å². The van der Waals surface area contributed by atoms with Gasteiger partial charge < -0.3 is 14.7 Å². The first-order chi connectivity index (χ1) is 17.2. The number of hydrogen-bond acceptors (Lipinski definition) is 4. The number of hydrogen-bond donors (Lipinski definition) is 0. The lowest BCUT2D eigenvalue weighted by molar-refractivity contribution is 0.0848. The van der Waals surface area contributed by atoms with Crippen LogP contribution < -0.4 is 0 Å². The molecule has 0 atom stereocenters. The molecule has 0 spiro atoms. The minimum atomic E-state index is 0.726. The van der Waals surface area contributed by atoms with Gasteiger partial charge in [-0.15, -0.1) is 0 Å². The molecule has 0 unspecified atom stereocenters. The Balaban J connectivity index is 0.000000312. The molecule has 0 aromatic rings. The Morgan fingerprint density at radius 1 is 0.611 bits per heavy atom. The fourth-order valence-electron chi connectivity index (χ4n) is 6.08. The van der Waals surface area contributed by atoms with E-state index in [2.05, 4.69) is 68.3 Å². The summed E-state index contributed by atoms with van der Waals surface area (Å²) in [6, 6.07) is 0.726. The highest BCUT2D eigenvalue weighted by molar-refractivity contribution is 4.80. The van der Waals surface area contributed by atoms with Crippen molar-refractivity contribution in [1.82, 2.24) is 19.6 Å². The van der Waals surface area contributed by atoms with Crippen molar-refractivity contribution < 1.29 is 0 Å². The van der Waals surface area contributed by atoms with Crippen molar-refractivity contribution in [1.29, 1.82) is 0 Å². The van der Waals surface area contributed by atoms with Crippen LogP contribution in [0, 0.1) is 23.7 Å². The third-order valence-electron chi connectivity index (χ3n) is 9.11. The summed E-state index contributed by atoms with van der Waals surface area (Å²) in [4.78, 5) is 10.1. The van der Waals surface area contributed by atoms with E-state index >= 15 is 0 Å². The molecule has 2 aliphatic carbocycles.